The largest absolute Gasteiger partial charge is 0.325 e. The number of thiazole rings is 1. The van der Waals surface area contributed by atoms with E-state index in [0.717, 1.165) is 10.7 Å². The topological polar surface area (TPSA) is 62.3 Å². The molecule has 0 aromatic carbocycles. The Morgan fingerprint density at radius 1 is 1.33 bits per heavy atom. The Kier molecular flexibility index (Phi) is 3.14. The average Bonchev–Trinajstić information content (AvgIpc) is 2.66. The van der Waals surface area contributed by atoms with Gasteiger partial charge in [0, 0.05) is 17.8 Å². The molecular weight excluding hydrogens is 250 g/mol. The van der Waals surface area contributed by atoms with Gasteiger partial charge in [0.25, 0.3) is 5.91 Å². The fourth-order valence-corrected chi connectivity index (χ4v) is 2.80. The Morgan fingerprint density at radius 2 is 2.00 bits per heavy atom. The second kappa shape index (κ2) is 4.35. The van der Waals surface area contributed by atoms with Crippen LogP contribution < -0.4 is 5.32 Å². The smallest absolute Gasteiger partial charge is 0.324 e. The lowest BCUT2D eigenvalue weighted by Crippen LogP contribution is -2.40. The van der Waals surface area contributed by atoms with Crippen LogP contribution in [0.25, 0.3) is 0 Å². The van der Waals surface area contributed by atoms with Crippen LogP contribution >= 0.6 is 11.3 Å². The minimum atomic E-state index is -0.786. The number of aromatic nitrogens is 1. The zero-order valence-electron chi connectivity index (χ0n) is 11.0. The Balaban J connectivity index is 2.03. The molecule has 1 fully saturated rings. The van der Waals surface area contributed by atoms with Crippen molar-refractivity contribution in [2.45, 2.75) is 39.7 Å². The summed E-state index contributed by atoms with van der Waals surface area (Å²) in [5.74, 6) is -0.169. The van der Waals surface area contributed by atoms with E-state index in [0.29, 0.717) is 13.0 Å². The molecule has 3 amide bonds. The van der Waals surface area contributed by atoms with Crippen molar-refractivity contribution >= 4 is 23.3 Å². The van der Waals surface area contributed by atoms with Gasteiger partial charge in [0.15, 0.2) is 0 Å². The van der Waals surface area contributed by atoms with E-state index < -0.39 is 5.54 Å². The minimum Gasteiger partial charge on any atom is -0.324 e. The number of aryl methyl sites for hydroxylation is 2. The van der Waals surface area contributed by atoms with E-state index in [4.69, 9.17) is 0 Å². The number of hydrogen-bond donors (Lipinski definition) is 1. The third-order valence-electron chi connectivity index (χ3n) is 3.07. The van der Waals surface area contributed by atoms with E-state index in [9.17, 15) is 9.59 Å². The zero-order valence-corrected chi connectivity index (χ0v) is 11.8. The molecule has 2 rings (SSSR count). The molecule has 0 atom stereocenters. The summed E-state index contributed by atoms with van der Waals surface area (Å²) >= 11 is 1.62. The van der Waals surface area contributed by atoms with Crippen LogP contribution in [0.3, 0.4) is 0 Å². The van der Waals surface area contributed by atoms with Crippen LogP contribution in [-0.2, 0) is 11.2 Å². The van der Waals surface area contributed by atoms with Gasteiger partial charge < -0.3 is 5.32 Å². The molecule has 1 aliphatic heterocycles. The summed E-state index contributed by atoms with van der Waals surface area (Å²) in [6.45, 7) is 7.80. The molecule has 0 saturated carbocycles. The molecule has 0 aliphatic carbocycles. The van der Waals surface area contributed by atoms with E-state index in [1.807, 2.05) is 13.8 Å². The normalized spacial score (nSPS) is 18.3. The number of nitrogens with zero attached hydrogens (tertiary/aromatic N) is 2. The van der Waals surface area contributed by atoms with E-state index >= 15 is 0 Å². The van der Waals surface area contributed by atoms with E-state index in [1.54, 1.807) is 25.2 Å². The zero-order chi connectivity index (χ0) is 13.5. The highest BCUT2D eigenvalue weighted by atomic mass is 32.1. The second-order valence-corrected chi connectivity index (χ2v) is 6.30. The van der Waals surface area contributed by atoms with Crippen molar-refractivity contribution < 1.29 is 9.59 Å². The molecule has 0 radical (unpaired) electrons. The number of amides is 3. The summed E-state index contributed by atoms with van der Waals surface area (Å²) in [7, 11) is 0. The van der Waals surface area contributed by atoms with Gasteiger partial charge in [-0.2, -0.15) is 0 Å². The first kappa shape index (κ1) is 13.0. The van der Waals surface area contributed by atoms with Crippen LogP contribution in [-0.4, -0.2) is 33.9 Å². The third-order valence-corrected chi connectivity index (χ3v) is 4.20. The molecule has 1 saturated heterocycles. The number of rotatable bonds is 3. The number of carbonyl (C=O) groups is 2. The molecule has 1 aliphatic rings. The first-order valence-electron chi connectivity index (χ1n) is 5.88. The van der Waals surface area contributed by atoms with Crippen molar-refractivity contribution in [2.24, 2.45) is 0 Å². The predicted octanol–water partition coefficient (Wildman–Crippen LogP) is 1.63. The third kappa shape index (κ3) is 2.25. The molecule has 6 heteroatoms. The fourth-order valence-electron chi connectivity index (χ4n) is 1.87. The highest BCUT2D eigenvalue weighted by molar-refractivity contribution is 7.11. The lowest BCUT2D eigenvalue weighted by Gasteiger charge is -2.15. The lowest BCUT2D eigenvalue weighted by molar-refractivity contribution is -0.130. The van der Waals surface area contributed by atoms with Gasteiger partial charge in [-0.3, -0.25) is 9.69 Å². The molecule has 1 aromatic heterocycles. The van der Waals surface area contributed by atoms with Crippen molar-refractivity contribution in [3.05, 3.63) is 15.6 Å². The molecule has 98 valence electrons. The summed E-state index contributed by atoms with van der Waals surface area (Å²) in [5.41, 5.74) is 0.235. The van der Waals surface area contributed by atoms with Gasteiger partial charge in [-0.25, -0.2) is 9.78 Å². The van der Waals surface area contributed by atoms with Gasteiger partial charge in [0.1, 0.15) is 5.54 Å². The summed E-state index contributed by atoms with van der Waals surface area (Å²) in [5, 5.41) is 3.63. The Hall–Kier alpha value is -1.43. The number of nitrogens with one attached hydrogen (secondary N) is 1. The maximum absolute atomic E-state index is 12.0. The van der Waals surface area contributed by atoms with E-state index in [1.165, 1.54) is 9.78 Å². The quantitative estimate of drug-likeness (QED) is 0.847. The monoisotopic (exact) mass is 267 g/mol. The Labute approximate surface area is 110 Å². The minimum absolute atomic E-state index is 0.169. The second-order valence-electron chi connectivity index (χ2n) is 5.01. The van der Waals surface area contributed by atoms with Crippen LogP contribution in [0.1, 0.15) is 29.4 Å². The van der Waals surface area contributed by atoms with Crippen molar-refractivity contribution in [3.8, 4) is 0 Å². The molecular formula is C12H17N3O2S. The number of imide groups is 1. The van der Waals surface area contributed by atoms with Crippen LogP contribution in [0, 0.1) is 13.8 Å². The van der Waals surface area contributed by atoms with Gasteiger partial charge in [-0.05, 0) is 27.7 Å². The van der Waals surface area contributed by atoms with Gasteiger partial charge in [0.05, 0.1) is 10.7 Å². The summed E-state index contributed by atoms with van der Waals surface area (Å²) in [6, 6.07) is -0.310. The standard InChI is InChI=1S/C12H17N3O2S/c1-7-8(2)18-9(13-7)5-6-15-10(16)12(3,4)14-11(15)17/h5-6H2,1-4H3,(H,14,17). The van der Waals surface area contributed by atoms with Crippen LogP contribution in [0.2, 0.25) is 0 Å². The van der Waals surface area contributed by atoms with Crippen LogP contribution in [0.15, 0.2) is 0 Å². The predicted molar refractivity (Wildman–Crippen MR) is 69.6 cm³/mol. The fraction of sp³-hybridized carbons (Fsp3) is 0.583. The maximum atomic E-state index is 12.0. The molecule has 1 N–H and O–H groups in total. The molecule has 0 unspecified atom stereocenters. The summed E-state index contributed by atoms with van der Waals surface area (Å²) in [6.07, 6.45) is 0.620. The van der Waals surface area contributed by atoms with Gasteiger partial charge in [-0.15, -0.1) is 11.3 Å². The molecule has 2 heterocycles. The first-order chi connectivity index (χ1) is 8.31. The number of hydrogen-bond acceptors (Lipinski definition) is 4. The first-order valence-corrected chi connectivity index (χ1v) is 6.70. The highest BCUT2D eigenvalue weighted by Crippen LogP contribution is 2.20. The SMILES string of the molecule is Cc1nc(CCN2C(=O)NC(C)(C)C2=O)sc1C. The Bertz CT molecular complexity index is 488. The molecule has 18 heavy (non-hydrogen) atoms. The summed E-state index contributed by atoms with van der Waals surface area (Å²) in [4.78, 5) is 30.5. The van der Waals surface area contributed by atoms with Crippen molar-refractivity contribution in [2.75, 3.05) is 6.54 Å². The molecule has 0 bridgehead atoms. The summed E-state index contributed by atoms with van der Waals surface area (Å²) < 4.78 is 0. The lowest BCUT2D eigenvalue weighted by atomic mass is 10.1. The van der Waals surface area contributed by atoms with E-state index in [2.05, 4.69) is 10.3 Å². The highest BCUT2D eigenvalue weighted by Gasteiger charge is 2.43. The van der Waals surface area contributed by atoms with Crippen molar-refractivity contribution in [1.82, 2.24) is 15.2 Å². The van der Waals surface area contributed by atoms with Crippen LogP contribution in [0.4, 0.5) is 4.79 Å². The van der Waals surface area contributed by atoms with Gasteiger partial charge in [0.2, 0.25) is 0 Å². The van der Waals surface area contributed by atoms with Crippen LogP contribution in [0.5, 0.6) is 0 Å². The molecule has 1 aromatic rings. The molecule has 0 spiro atoms. The number of carbonyl (C=O) groups excluding carboxylic acids is 2. The molecule has 5 nitrogen and oxygen atoms in total. The van der Waals surface area contributed by atoms with Crippen molar-refractivity contribution in [1.29, 1.82) is 0 Å². The number of urea groups is 1. The maximum Gasteiger partial charge on any atom is 0.325 e. The van der Waals surface area contributed by atoms with Gasteiger partial charge in [-0.1, -0.05) is 0 Å². The van der Waals surface area contributed by atoms with Crippen molar-refractivity contribution in [3.63, 3.8) is 0 Å². The average molecular weight is 267 g/mol. The van der Waals surface area contributed by atoms with E-state index in [-0.39, 0.29) is 11.9 Å². The Morgan fingerprint density at radius 3 is 2.44 bits per heavy atom. The van der Waals surface area contributed by atoms with Gasteiger partial charge >= 0.3 is 6.03 Å².